The summed E-state index contributed by atoms with van der Waals surface area (Å²) in [5.74, 6) is -0.976. The van der Waals surface area contributed by atoms with Crippen LogP contribution in [0.5, 0.6) is 0 Å². The third-order valence-corrected chi connectivity index (χ3v) is 3.24. The van der Waals surface area contributed by atoms with Gasteiger partial charge in [-0.05, 0) is 19.8 Å². The van der Waals surface area contributed by atoms with E-state index in [1.165, 1.54) is 0 Å². The van der Waals surface area contributed by atoms with Gasteiger partial charge in [-0.25, -0.2) is 9.59 Å². The fourth-order valence-electron chi connectivity index (χ4n) is 2.33. The Labute approximate surface area is 100 Å². The van der Waals surface area contributed by atoms with Crippen molar-refractivity contribution in [3.8, 4) is 0 Å². The number of ether oxygens (including phenoxy) is 1. The monoisotopic (exact) mass is 242 g/mol. The summed E-state index contributed by atoms with van der Waals surface area (Å²) in [6, 6.07) is 0.0545. The van der Waals surface area contributed by atoms with Gasteiger partial charge in [-0.2, -0.15) is 0 Å². The number of hydrogen-bond acceptors (Lipinski definition) is 3. The smallest absolute Gasteiger partial charge is 0.329 e. The van der Waals surface area contributed by atoms with Crippen LogP contribution in [-0.4, -0.2) is 65.3 Å². The first kappa shape index (κ1) is 12.2. The van der Waals surface area contributed by atoms with Crippen LogP contribution in [0.4, 0.5) is 4.79 Å². The maximum absolute atomic E-state index is 11.9. The van der Waals surface area contributed by atoms with Crippen molar-refractivity contribution in [1.82, 2.24) is 9.80 Å². The summed E-state index contributed by atoms with van der Waals surface area (Å²) in [5.41, 5.74) is -0.492. The second kappa shape index (κ2) is 4.52. The molecule has 6 heteroatoms. The summed E-state index contributed by atoms with van der Waals surface area (Å²) in [5, 5.41) is 8.53. The summed E-state index contributed by atoms with van der Waals surface area (Å²) in [6.07, 6.45) is 2.15. The largest absolute Gasteiger partial charge is 0.480 e. The van der Waals surface area contributed by atoms with Gasteiger partial charge in [0.2, 0.25) is 0 Å². The summed E-state index contributed by atoms with van der Waals surface area (Å²) < 4.78 is 5.26. The van der Waals surface area contributed by atoms with Crippen LogP contribution in [0.3, 0.4) is 0 Å². The Hall–Kier alpha value is -1.30. The van der Waals surface area contributed by atoms with Crippen LogP contribution in [0.2, 0.25) is 0 Å². The first-order valence-electron chi connectivity index (χ1n) is 5.90. The van der Waals surface area contributed by atoms with E-state index < -0.39 is 11.6 Å². The lowest BCUT2D eigenvalue weighted by Gasteiger charge is -2.48. The average molecular weight is 242 g/mol. The zero-order valence-corrected chi connectivity index (χ0v) is 10.0. The number of carbonyl (C=O) groups is 2. The van der Waals surface area contributed by atoms with Gasteiger partial charge < -0.3 is 19.6 Å². The zero-order chi connectivity index (χ0) is 12.5. The van der Waals surface area contributed by atoms with E-state index in [0.29, 0.717) is 13.1 Å². The molecular weight excluding hydrogens is 224 g/mol. The van der Waals surface area contributed by atoms with E-state index in [1.54, 1.807) is 4.90 Å². The van der Waals surface area contributed by atoms with Gasteiger partial charge in [-0.1, -0.05) is 0 Å². The Kier molecular flexibility index (Phi) is 3.24. The average Bonchev–Trinajstić information content (AvgIpc) is 2.74. The highest BCUT2D eigenvalue weighted by Gasteiger charge is 2.44. The lowest BCUT2D eigenvalue weighted by atomic mass is 9.97. The second-order valence-corrected chi connectivity index (χ2v) is 4.97. The third kappa shape index (κ3) is 2.69. The summed E-state index contributed by atoms with van der Waals surface area (Å²) in [7, 11) is 0. The molecule has 1 N–H and O–H groups in total. The molecule has 2 fully saturated rings. The number of amides is 2. The Morgan fingerprint density at radius 2 is 1.82 bits per heavy atom. The number of rotatable bonds is 3. The van der Waals surface area contributed by atoms with E-state index in [4.69, 9.17) is 9.84 Å². The van der Waals surface area contributed by atoms with Gasteiger partial charge in [0.15, 0.2) is 0 Å². The minimum atomic E-state index is -0.976. The molecule has 2 aliphatic rings. The van der Waals surface area contributed by atoms with Crippen molar-refractivity contribution >= 4 is 12.0 Å². The minimum absolute atomic E-state index is 0.0545. The second-order valence-electron chi connectivity index (χ2n) is 4.97. The lowest BCUT2D eigenvalue weighted by Crippen LogP contribution is -2.65. The highest BCUT2D eigenvalue weighted by Crippen LogP contribution is 2.26. The number of aliphatic carboxylic acids is 1. The molecule has 0 atom stereocenters. The fourth-order valence-corrected chi connectivity index (χ4v) is 2.33. The van der Waals surface area contributed by atoms with Crippen molar-refractivity contribution in [2.45, 2.75) is 25.4 Å². The van der Waals surface area contributed by atoms with Gasteiger partial charge in [-0.15, -0.1) is 0 Å². The molecule has 2 heterocycles. The Morgan fingerprint density at radius 3 is 2.35 bits per heavy atom. The first-order valence-corrected chi connectivity index (χ1v) is 5.90. The number of nitrogens with zero attached hydrogens (tertiary/aromatic N) is 2. The maximum atomic E-state index is 11.9. The summed E-state index contributed by atoms with van der Waals surface area (Å²) in [4.78, 5) is 25.9. The summed E-state index contributed by atoms with van der Waals surface area (Å²) in [6.45, 7) is 4.17. The normalized spacial score (nSPS) is 22.4. The van der Waals surface area contributed by atoms with Gasteiger partial charge in [0.1, 0.15) is 12.2 Å². The predicted molar refractivity (Wildman–Crippen MR) is 59.8 cm³/mol. The molecule has 0 bridgehead atoms. The number of urea groups is 1. The van der Waals surface area contributed by atoms with Crippen LogP contribution < -0.4 is 0 Å². The standard InChI is InChI=1S/C11H18N2O4/c1-11(17-6-9(14)15)7-13(8-11)10(16)12-4-2-3-5-12/h2-8H2,1H3,(H,14,15). The van der Waals surface area contributed by atoms with E-state index in [0.717, 1.165) is 25.9 Å². The SMILES string of the molecule is CC1(OCC(=O)O)CN(C(=O)N2CCCC2)C1. The molecule has 17 heavy (non-hydrogen) atoms. The van der Waals surface area contributed by atoms with Crippen molar-refractivity contribution in [3.63, 3.8) is 0 Å². The Morgan fingerprint density at radius 1 is 1.24 bits per heavy atom. The van der Waals surface area contributed by atoms with E-state index >= 15 is 0 Å². The highest BCUT2D eigenvalue weighted by atomic mass is 16.5. The van der Waals surface area contributed by atoms with Gasteiger partial charge >= 0.3 is 12.0 Å². The van der Waals surface area contributed by atoms with Gasteiger partial charge in [0.05, 0.1) is 13.1 Å². The number of likely N-dealkylation sites (tertiary alicyclic amines) is 2. The molecule has 6 nitrogen and oxygen atoms in total. The number of carboxylic acids is 1. The van der Waals surface area contributed by atoms with Gasteiger partial charge in [0, 0.05) is 13.1 Å². The molecule has 0 saturated carbocycles. The summed E-state index contributed by atoms with van der Waals surface area (Å²) >= 11 is 0. The van der Waals surface area contributed by atoms with Crippen LogP contribution in [0, 0.1) is 0 Å². The topological polar surface area (TPSA) is 70.1 Å². The molecule has 0 unspecified atom stereocenters. The lowest BCUT2D eigenvalue weighted by molar-refractivity contribution is -0.160. The number of carboxylic acid groups (broad SMARTS) is 1. The zero-order valence-electron chi connectivity index (χ0n) is 10.0. The molecule has 0 aromatic carbocycles. The van der Waals surface area contributed by atoms with Crippen molar-refractivity contribution in [3.05, 3.63) is 0 Å². The van der Waals surface area contributed by atoms with Crippen LogP contribution in [0.15, 0.2) is 0 Å². The van der Waals surface area contributed by atoms with E-state index in [-0.39, 0.29) is 12.6 Å². The van der Waals surface area contributed by atoms with Crippen molar-refractivity contribution < 1.29 is 19.4 Å². The number of hydrogen-bond donors (Lipinski definition) is 1. The van der Waals surface area contributed by atoms with E-state index in [9.17, 15) is 9.59 Å². The molecule has 96 valence electrons. The Bertz CT molecular complexity index is 319. The van der Waals surface area contributed by atoms with Gasteiger partial charge in [-0.3, -0.25) is 0 Å². The van der Waals surface area contributed by atoms with Crippen LogP contribution >= 0.6 is 0 Å². The third-order valence-electron chi connectivity index (χ3n) is 3.24. The molecule has 0 aromatic heterocycles. The highest BCUT2D eigenvalue weighted by molar-refractivity contribution is 5.76. The predicted octanol–water partition coefficient (Wildman–Crippen LogP) is 0.378. The molecule has 0 spiro atoms. The van der Waals surface area contributed by atoms with E-state index in [1.807, 2.05) is 11.8 Å². The van der Waals surface area contributed by atoms with Gasteiger partial charge in [0.25, 0.3) is 0 Å². The Balaban J connectivity index is 1.77. The molecule has 0 aliphatic carbocycles. The van der Waals surface area contributed by atoms with Crippen LogP contribution in [-0.2, 0) is 9.53 Å². The minimum Gasteiger partial charge on any atom is -0.480 e. The molecular formula is C11H18N2O4. The maximum Gasteiger partial charge on any atom is 0.329 e. The quantitative estimate of drug-likeness (QED) is 0.776. The molecule has 0 aromatic rings. The number of carbonyl (C=O) groups excluding carboxylic acids is 1. The van der Waals surface area contributed by atoms with E-state index in [2.05, 4.69) is 0 Å². The van der Waals surface area contributed by atoms with Crippen molar-refractivity contribution in [2.24, 2.45) is 0 Å². The molecule has 2 amide bonds. The van der Waals surface area contributed by atoms with Crippen molar-refractivity contribution in [2.75, 3.05) is 32.8 Å². The molecule has 0 radical (unpaired) electrons. The molecule has 2 saturated heterocycles. The van der Waals surface area contributed by atoms with Crippen molar-refractivity contribution in [1.29, 1.82) is 0 Å². The molecule has 2 aliphatic heterocycles. The van der Waals surface area contributed by atoms with Crippen LogP contribution in [0.1, 0.15) is 19.8 Å². The first-order chi connectivity index (χ1) is 8.00. The fraction of sp³-hybridized carbons (Fsp3) is 0.818. The molecule has 2 rings (SSSR count). The van der Waals surface area contributed by atoms with Crippen LogP contribution in [0.25, 0.3) is 0 Å².